The molecule has 0 saturated heterocycles. The molecule has 2 aromatic heterocycles. The van der Waals surface area contributed by atoms with Gasteiger partial charge in [0, 0.05) is 5.69 Å². The predicted octanol–water partition coefficient (Wildman–Crippen LogP) is 4.79. The van der Waals surface area contributed by atoms with Crippen LogP contribution >= 0.6 is 0 Å². The lowest BCUT2D eigenvalue weighted by atomic mass is 10.0. The second-order valence-corrected chi connectivity index (χ2v) is 5.77. The van der Waals surface area contributed by atoms with E-state index in [1.807, 2.05) is 18.2 Å². The van der Waals surface area contributed by atoms with Crippen molar-refractivity contribution in [2.24, 2.45) is 0 Å². The third-order valence-electron chi connectivity index (χ3n) is 3.62. The molecule has 2 heterocycles. The molecule has 1 amide bonds. The summed E-state index contributed by atoms with van der Waals surface area (Å²) in [5.74, 6) is 0.914. The molecule has 5 nitrogen and oxygen atoms in total. The van der Waals surface area contributed by atoms with Crippen molar-refractivity contribution in [3.05, 3.63) is 72.3 Å². The molecule has 5 heteroatoms. The number of nitrogens with one attached hydrogen (secondary N) is 2. The van der Waals surface area contributed by atoms with Gasteiger partial charge in [0.05, 0.1) is 18.1 Å². The number of aromatic nitrogens is 1. The van der Waals surface area contributed by atoms with Crippen molar-refractivity contribution in [2.45, 2.75) is 19.8 Å². The number of furan rings is 1. The summed E-state index contributed by atoms with van der Waals surface area (Å²) in [6.45, 7) is 4.34. The second kappa shape index (κ2) is 7.00. The molecule has 2 N–H and O–H groups in total. The van der Waals surface area contributed by atoms with Gasteiger partial charge in [0.25, 0.3) is 5.91 Å². The first-order valence-electron chi connectivity index (χ1n) is 7.80. The number of nitrogens with zero attached hydrogens (tertiary/aromatic N) is 1. The molecule has 122 valence electrons. The predicted molar refractivity (Wildman–Crippen MR) is 94.7 cm³/mol. The van der Waals surface area contributed by atoms with Crippen LogP contribution in [-0.4, -0.2) is 10.9 Å². The number of benzene rings is 1. The van der Waals surface area contributed by atoms with Gasteiger partial charge < -0.3 is 15.1 Å². The maximum absolute atomic E-state index is 11.9. The van der Waals surface area contributed by atoms with Crippen molar-refractivity contribution < 1.29 is 9.21 Å². The summed E-state index contributed by atoms with van der Waals surface area (Å²) in [5, 5.41) is 5.97. The van der Waals surface area contributed by atoms with Crippen LogP contribution in [-0.2, 0) is 0 Å². The Labute approximate surface area is 140 Å². The lowest BCUT2D eigenvalue weighted by Gasteiger charge is -2.09. The van der Waals surface area contributed by atoms with Crippen LogP contribution in [0, 0.1) is 0 Å². The van der Waals surface area contributed by atoms with E-state index in [0.717, 1.165) is 11.4 Å². The zero-order chi connectivity index (χ0) is 16.9. The zero-order valence-electron chi connectivity index (χ0n) is 13.6. The van der Waals surface area contributed by atoms with E-state index in [1.165, 1.54) is 11.8 Å². The van der Waals surface area contributed by atoms with Gasteiger partial charge in [-0.15, -0.1) is 0 Å². The van der Waals surface area contributed by atoms with Crippen molar-refractivity contribution >= 4 is 23.1 Å². The summed E-state index contributed by atoms with van der Waals surface area (Å²) in [7, 11) is 0. The van der Waals surface area contributed by atoms with Gasteiger partial charge >= 0.3 is 0 Å². The summed E-state index contributed by atoms with van der Waals surface area (Å²) in [6.07, 6.45) is 3.13. The molecule has 0 aliphatic rings. The normalized spacial score (nSPS) is 10.6. The van der Waals surface area contributed by atoms with Crippen LogP contribution in [0.2, 0.25) is 0 Å². The van der Waals surface area contributed by atoms with E-state index >= 15 is 0 Å². The fourth-order valence-electron chi connectivity index (χ4n) is 2.25. The number of pyridine rings is 1. The second-order valence-electron chi connectivity index (χ2n) is 5.77. The van der Waals surface area contributed by atoms with E-state index < -0.39 is 0 Å². The van der Waals surface area contributed by atoms with E-state index in [-0.39, 0.29) is 11.7 Å². The molecule has 0 atom stereocenters. The Morgan fingerprint density at radius 1 is 1.04 bits per heavy atom. The molecule has 3 rings (SSSR count). The minimum Gasteiger partial charge on any atom is -0.459 e. The third kappa shape index (κ3) is 3.81. The minimum atomic E-state index is -0.322. The molecular weight excluding hydrogens is 302 g/mol. The van der Waals surface area contributed by atoms with Crippen molar-refractivity contribution in [2.75, 3.05) is 10.6 Å². The van der Waals surface area contributed by atoms with Crippen LogP contribution in [0.25, 0.3) is 0 Å². The number of carbonyl (C=O) groups is 1. The highest BCUT2D eigenvalue weighted by Gasteiger charge is 2.09. The molecule has 24 heavy (non-hydrogen) atoms. The molecule has 0 spiro atoms. The standard InChI is InChI=1S/C19H19N3O2/c1-13(2)14-5-7-15(8-6-14)21-16-9-10-18(20-12-16)22-19(23)17-4-3-11-24-17/h3-13,21H,1-2H3,(H,20,22,23). The molecule has 0 fully saturated rings. The van der Waals surface area contributed by atoms with E-state index in [0.29, 0.717) is 11.7 Å². The van der Waals surface area contributed by atoms with E-state index in [4.69, 9.17) is 4.42 Å². The van der Waals surface area contributed by atoms with E-state index in [9.17, 15) is 4.79 Å². The number of amides is 1. The van der Waals surface area contributed by atoms with Crippen molar-refractivity contribution in [3.63, 3.8) is 0 Å². The molecule has 0 bridgehead atoms. The average molecular weight is 321 g/mol. The van der Waals surface area contributed by atoms with Gasteiger partial charge in [-0.05, 0) is 47.9 Å². The number of rotatable bonds is 5. The molecular formula is C19H19N3O2. The topological polar surface area (TPSA) is 67.2 Å². The van der Waals surface area contributed by atoms with Crippen LogP contribution in [0.15, 0.2) is 65.4 Å². The Hall–Kier alpha value is -3.08. The molecule has 0 saturated carbocycles. The summed E-state index contributed by atoms with van der Waals surface area (Å²) in [6, 6.07) is 15.2. The maximum Gasteiger partial charge on any atom is 0.292 e. The Balaban J connectivity index is 1.63. The van der Waals surface area contributed by atoms with Crippen molar-refractivity contribution in [3.8, 4) is 0 Å². The number of anilines is 3. The SMILES string of the molecule is CC(C)c1ccc(Nc2ccc(NC(=O)c3ccco3)nc2)cc1. The zero-order valence-corrected chi connectivity index (χ0v) is 13.6. The average Bonchev–Trinajstić information content (AvgIpc) is 3.12. The fourth-order valence-corrected chi connectivity index (χ4v) is 2.25. The monoisotopic (exact) mass is 321 g/mol. The van der Waals surface area contributed by atoms with Gasteiger partial charge in [-0.25, -0.2) is 4.98 Å². The summed E-state index contributed by atoms with van der Waals surface area (Å²) >= 11 is 0. The molecule has 3 aromatic rings. The molecule has 0 unspecified atom stereocenters. The molecule has 0 aliphatic carbocycles. The van der Waals surface area contributed by atoms with Gasteiger partial charge in [0.2, 0.25) is 0 Å². The summed E-state index contributed by atoms with van der Waals surface area (Å²) < 4.78 is 5.04. The molecule has 1 aromatic carbocycles. The Morgan fingerprint density at radius 3 is 2.38 bits per heavy atom. The number of carbonyl (C=O) groups excluding carboxylic acids is 1. The summed E-state index contributed by atoms with van der Waals surface area (Å²) in [5.41, 5.74) is 3.14. The van der Waals surface area contributed by atoms with Crippen molar-refractivity contribution in [1.29, 1.82) is 0 Å². The van der Waals surface area contributed by atoms with Crippen LogP contribution in [0.5, 0.6) is 0 Å². The van der Waals surface area contributed by atoms with Gasteiger partial charge in [-0.2, -0.15) is 0 Å². The van der Waals surface area contributed by atoms with E-state index in [2.05, 4.69) is 41.6 Å². The lowest BCUT2D eigenvalue weighted by molar-refractivity contribution is 0.0996. The Bertz CT molecular complexity index is 792. The maximum atomic E-state index is 11.9. The minimum absolute atomic E-state index is 0.254. The first kappa shape index (κ1) is 15.8. The fraction of sp³-hybridized carbons (Fsp3) is 0.158. The van der Waals surface area contributed by atoms with Crippen LogP contribution in [0.1, 0.15) is 35.9 Å². The smallest absolute Gasteiger partial charge is 0.292 e. The first-order valence-corrected chi connectivity index (χ1v) is 7.80. The molecule has 0 aliphatic heterocycles. The van der Waals surface area contributed by atoms with Crippen LogP contribution in [0.4, 0.5) is 17.2 Å². The number of hydrogen-bond donors (Lipinski definition) is 2. The quantitative estimate of drug-likeness (QED) is 0.708. The largest absolute Gasteiger partial charge is 0.459 e. The Morgan fingerprint density at radius 2 is 1.79 bits per heavy atom. The van der Waals surface area contributed by atoms with Crippen molar-refractivity contribution in [1.82, 2.24) is 4.98 Å². The third-order valence-corrected chi connectivity index (χ3v) is 3.62. The van der Waals surface area contributed by atoms with Gasteiger partial charge in [-0.3, -0.25) is 4.79 Å². The van der Waals surface area contributed by atoms with Gasteiger partial charge in [-0.1, -0.05) is 26.0 Å². The highest BCUT2D eigenvalue weighted by molar-refractivity contribution is 6.01. The van der Waals surface area contributed by atoms with Crippen LogP contribution < -0.4 is 10.6 Å². The number of hydrogen-bond acceptors (Lipinski definition) is 4. The van der Waals surface area contributed by atoms with Gasteiger partial charge in [0.1, 0.15) is 5.82 Å². The first-order chi connectivity index (χ1) is 11.6. The Kier molecular flexibility index (Phi) is 4.61. The highest BCUT2D eigenvalue weighted by Crippen LogP contribution is 2.21. The van der Waals surface area contributed by atoms with E-state index in [1.54, 1.807) is 24.4 Å². The van der Waals surface area contributed by atoms with Crippen LogP contribution in [0.3, 0.4) is 0 Å². The highest BCUT2D eigenvalue weighted by atomic mass is 16.3. The van der Waals surface area contributed by atoms with Gasteiger partial charge in [0.15, 0.2) is 5.76 Å². The summed E-state index contributed by atoms with van der Waals surface area (Å²) in [4.78, 5) is 16.1. The lowest BCUT2D eigenvalue weighted by Crippen LogP contribution is -2.11. The molecule has 0 radical (unpaired) electrons.